The average molecular weight is 221 g/mol. The SMILES string of the molecule is COc1c(C)cc(C2NCCC2O)cc1C. The Bertz CT molecular complexity index is 367. The fourth-order valence-electron chi connectivity index (χ4n) is 2.51. The Morgan fingerprint density at radius 3 is 2.38 bits per heavy atom. The zero-order valence-electron chi connectivity index (χ0n) is 10.1. The first-order chi connectivity index (χ1) is 7.63. The maximum absolute atomic E-state index is 9.86. The molecule has 0 amide bonds. The van der Waals surface area contributed by atoms with Gasteiger partial charge in [-0.05, 0) is 43.5 Å². The van der Waals surface area contributed by atoms with Crippen molar-refractivity contribution in [3.8, 4) is 5.75 Å². The van der Waals surface area contributed by atoms with Crippen molar-refractivity contribution in [2.45, 2.75) is 32.4 Å². The molecule has 0 aromatic heterocycles. The van der Waals surface area contributed by atoms with Gasteiger partial charge in [-0.1, -0.05) is 12.1 Å². The molecule has 0 saturated carbocycles. The molecule has 1 heterocycles. The van der Waals surface area contributed by atoms with Crippen molar-refractivity contribution in [3.63, 3.8) is 0 Å². The maximum atomic E-state index is 9.86. The molecule has 0 radical (unpaired) electrons. The van der Waals surface area contributed by atoms with E-state index in [1.54, 1.807) is 7.11 Å². The molecule has 2 N–H and O–H groups in total. The van der Waals surface area contributed by atoms with E-state index in [2.05, 4.69) is 17.4 Å². The summed E-state index contributed by atoms with van der Waals surface area (Å²) >= 11 is 0. The lowest BCUT2D eigenvalue weighted by atomic mass is 9.98. The molecule has 0 bridgehead atoms. The summed E-state index contributed by atoms with van der Waals surface area (Å²) in [4.78, 5) is 0. The molecule has 3 nitrogen and oxygen atoms in total. The highest BCUT2D eigenvalue weighted by Crippen LogP contribution is 2.30. The molecule has 16 heavy (non-hydrogen) atoms. The molecule has 0 spiro atoms. The molecule has 1 aliphatic rings. The van der Waals surface area contributed by atoms with Crippen molar-refractivity contribution >= 4 is 0 Å². The van der Waals surface area contributed by atoms with Gasteiger partial charge in [0, 0.05) is 0 Å². The fourth-order valence-corrected chi connectivity index (χ4v) is 2.51. The molecular formula is C13H19NO2. The fraction of sp³-hybridized carbons (Fsp3) is 0.538. The molecule has 1 fully saturated rings. The molecule has 2 unspecified atom stereocenters. The molecule has 3 heteroatoms. The number of methoxy groups -OCH3 is 1. The predicted octanol–water partition coefficient (Wildman–Crippen LogP) is 1.71. The lowest BCUT2D eigenvalue weighted by Gasteiger charge is -2.18. The Kier molecular flexibility index (Phi) is 3.17. The molecule has 2 atom stereocenters. The Morgan fingerprint density at radius 1 is 1.31 bits per heavy atom. The smallest absolute Gasteiger partial charge is 0.124 e. The minimum atomic E-state index is -0.271. The highest BCUT2D eigenvalue weighted by atomic mass is 16.5. The first-order valence-electron chi connectivity index (χ1n) is 5.70. The van der Waals surface area contributed by atoms with Gasteiger partial charge < -0.3 is 15.2 Å². The van der Waals surface area contributed by atoms with Gasteiger partial charge in [-0.3, -0.25) is 0 Å². The summed E-state index contributed by atoms with van der Waals surface area (Å²) in [6.45, 7) is 4.96. The number of hydrogen-bond donors (Lipinski definition) is 2. The van der Waals surface area contributed by atoms with Gasteiger partial charge in [-0.25, -0.2) is 0 Å². The minimum Gasteiger partial charge on any atom is -0.496 e. The molecule has 88 valence electrons. The Morgan fingerprint density at radius 2 is 1.94 bits per heavy atom. The number of aliphatic hydroxyl groups is 1. The van der Waals surface area contributed by atoms with Crippen molar-refractivity contribution < 1.29 is 9.84 Å². The van der Waals surface area contributed by atoms with E-state index in [-0.39, 0.29) is 12.1 Å². The van der Waals surface area contributed by atoms with E-state index < -0.39 is 0 Å². The van der Waals surface area contributed by atoms with Crippen LogP contribution >= 0.6 is 0 Å². The van der Waals surface area contributed by atoms with Gasteiger partial charge in [-0.2, -0.15) is 0 Å². The predicted molar refractivity (Wildman–Crippen MR) is 63.8 cm³/mol. The summed E-state index contributed by atoms with van der Waals surface area (Å²) in [6.07, 6.45) is 0.557. The minimum absolute atomic E-state index is 0.0725. The Hall–Kier alpha value is -1.06. The normalized spacial score (nSPS) is 24.8. The van der Waals surface area contributed by atoms with Crippen LogP contribution in [0.3, 0.4) is 0 Å². The molecule has 1 saturated heterocycles. The van der Waals surface area contributed by atoms with Crippen LogP contribution in [0.25, 0.3) is 0 Å². The van der Waals surface area contributed by atoms with Crippen LogP contribution in [0, 0.1) is 13.8 Å². The lowest BCUT2D eigenvalue weighted by molar-refractivity contribution is 0.160. The zero-order valence-corrected chi connectivity index (χ0v) is 10.1. The second-order valence-electron chi connectivity index (χ2n) is 4.48. The number of aryl methyl sites for hydroxylation is 2. The van der Waals surface area contributed by atoms with Crippen molar-refractivity contribution in [1.29, 1.82) is 0 Å². The van der Waals surface area contributed by atoms with E-state index in [1.807, 2.05) is 13.8 Å². The van der Waals surface area contributed by atoms with E-state index in [9.17, 15) is 5.11 Å². The molecule has 2 rings (SSSR count). The molecule has 1 aromatic rings. The van der Waals surface area contributed by atoms with Crippen LogP contribution < -0.4 is 10.1 Å². The zero-order chi connectivity index (χ0) is 11.7. The topological polar surface area (TPSA) is 41.5 Å². The van der Waals surface area contributed by atoms with Gasteiger partial charge in [0.2, 0.25) is 0 Å². The number of aliphatic hydroxyl groups excluding tert-OH is 1. The number of rotatable bonds is 2. The molecule has 0 aliphatic carbocycles. The van der Waals surface area contributed by atoms with Crippen molar-refractivity contribution in [3.05, 3.63) is 28.8 Å². The van der Waals surface area contributed by atoms with Crippen molar-refractivity contribution in [2.75, 3.05) is 13.7 Å². The summed E-state index contributed by atoms with van der Waals surface area (Å²) in [5.74, 6) is 0.941. The summed E-state index contributed by atoms with van der Waals surface area (Å²) in [5.41, 5.74) is 3.40. The molecular weight excluding hydrogens is 202 g/mol. The summed E-state index contributed by atoms with van der Waals surface area (Å²) in [6, 6.07) is 4.26. The highest BCUT2D eigenvalue weighted by Gasteiger charge is 2.26. The number of nitrogens with one attached hydrogen (secondary N) is 1. The molecule has 1 aromatic carbocycles. The monoisotopic (exact) mass is 221 g/mol. The maximum Gasteiger partial charge on any atom is 0.124 e. The van der Waals surface area contributed by atoms with Crippen LogP contribution in [0.15, 0.2) is 12.1 Å². The largest absolute Gasteiger partial charge is 0.496 e. The van der Waals surface area contributed by atoms with Crippen molar-refractivity contribution in [2.24, 2.45) is 0 Å². The quantitative estimate of drug-likeness (QED) is 0.798. The Balaban J connectivity index is 2.36. The van der Waals surface area contributed by atoms with Gasteiger partial charge in [0.25, 0.3) is 0 Å². The van der Waals surface area contributed by atoms with Crippen LogP contribution in [-0.4, -0.2) is 24.9 Å². The van der Waals surface area contributed by atoms with Crippen LogP contribution in [-0.2, 0) is 0 Å². The van der Waals surface area contributed by atoms with Crippen LogP contribution in [0.5, 0.6) is 5.75 Å². The highest BCUT2D eigenvalue weighted by molar-refractivity contribution is 5.44. The number of ether oxygens (including phenoxy) is 1. The first-order valence-corrected chi connectivity index (χ1v) is 5.70. The first kappa shape index (κ1) is 11.4. The molecule has 1 aliphatic heterocycles. The standard InChI is InChI=1S/C13H19NO2/c1-8-6-10(7-9(2)13(8)16-3)12-11(15)4-5-14-12/h6-7,11-12,14-15H,4-5H2,1-3H3. The van der Waals surface area contributed by atoms with E-state index in [1.165, 1.54) is 0 Å². The van der Waals surface area contributed by atoms with Gasteiger partial charge in [0.05, 0.1) is 19.3 Å². The summed E-state index contributed by atoms with van der Waals surface area (Å²) in [5, 5.41) is 13.2. The van der Waals surface area contributed by atoms with Gasteiger partial charge in [0.1, 0.15) is 5.75 Å². The van der Waals surface area contributed by atoms with E-state index in [0.717, 1.165) is 35.4 Å². The van der Waals surface area contributed by atoms with Gasteiger partial charge in [0.15, 0.2) is 0 Å². The van der Waals surface area contributed by atoms with Crippen LogP contribution in [0.4, 0.5) is 0 Å². The number of benzene rings is 1. The van der Waals surface area contributed by atoms with E-state index in [4.69, 9.17) is 4.74 Å². The van der Waals surface area contributed by atoms with Crippen molar-refractivity contribution in [1.82, 2.24) is 5.32 Å². The third kappa shape index (κ3) is 1.93. The van der Waals surface area contributed by atoms with Gasteiger partial charge in [-0.15, -0.1) is 0 Å². The summed E-state index contributed by atoms with van der Waals surface area (Å²) < 4.78 is 5.34. The average Bonchev–Trinajstić information content (AvgIpc) is 2.64. The Labute approximate surface area is 96.4 Å². The van der Waals surface area contributed by atoms with E-state index in [0.29, 0.717) is 0 Å². The van der Waals surface area contributed by atoms with Gasteiger partial charge >= 0.3 is 0 Å². The third-order valence-electron chi connectivity index (χ3n) is 3.24. The van der Waals surface area contributed by atoms with Crippen LogP contribution in [0.2, 0.25) is 0 Å². The second kappa shape index (κ2) is 4.44. The van der Waals surface area contributed by atoms with Crippen LogP contribution in [0.1, 0.15) is 29.2 Å². The lowest BCUT2D eigenvalue weighted by Crippen LogP contribution is -2.21. The third-order valence-corrected chi connectivity index (χ3v) is 3.24. The van der Waals surface area contributed by atoms with E-state index >= 15 is 0 Å². The second-order valence-corrected chi connectivity index (χ2v) is 4.48. The number of hydrogen-bond acceptors (Lipinski definition) is 3. The summed E-state index contributed by atoms with van der Waals surface area (Å²) in [7, 11) is 1.69.